The molecule has 0 unspecified atom stereocenters. The van der Waals surface area contributed by atoms with E-state index in [1.54, 1.807) is 0 Å². The number of hydrogen-bond donors (Lipinski definition) is 0. The minimum absolute atomic E-state index is 0.144. The van der Waals surface area contributed by atoms with Crippen LogP contribution in [-0.4, -0.2) is 11.9 Å². The van der Waals surface area contributed by atoms with Gasteiger partial charge in [0.05, 0.1) is 0 Å². The number of carbonyl (C=O) groups is 2. The summed E-state index contributed by atoms with van der Waals surface area (Å²) in [4.78, 5) is 32.8. The Morgan fingerprint density at radius 3 is 2.25 bits per heavy atom. The molecule has 0 spiro atoms. The lowest BCUT2D eigenvalue weighted by molar-refractivity contribution is -0.132. The largest absolute Gasteiger partial charge is 0.427 e. The van der Waals surface area contributed by atoms with Crippen LogP contribution in [0, 0.1) is 0 Å². The van der Waals surface area contributed by atoms with E-state index >= 15 is 0 Å². The molecular formula is C11H10O5. The molecule has 0 saturated carbocycles. The van der Waals surface area contributed by atoms with Crippen LogP contribution in [0.2, 0.25) is 0 Å². The zero-order valence-corrected chi connectivity index (χ0v) is 8.85. The van der Waals surface area contributed by atoms with Crippen molar-refractivity contribution in [2.24, 2.45) is 0 Å². The molecule has 1 aromatic carbocycles. The van der Waals surface area contributed by atoms with Gasteiger partial charge in [0.2, 0.25) is 5.43 Å². The van der Waals surface area contributed by atoms with Crippen LogP contribution in [-0.2, 0) is 9.59 Å². The monoisotopic (exact) mass is 222 g/mol. The van der Waals surface area contributed by atoms with Crippen LogP contribution in [0.3, 0.4) is 0 Å². The van der Waals surface area contributed by atoms with E-state index in [0.717, 1.165) is 0 Å². The van der Waals surface area contributed by atoms with Crippen LogP contribution in [0.15, 0.2) is 29.1 Å². The van der Waals surface area contributed by atoms with Crippen LogP contribution < -0.4 is 14.9 Å². The second kappa shape index (κ2) is 5.06. The molecule has 0 aromatic heterocycles. The molecule has 0 N–H and O–H groups in total. The minimum atomic E-state index is -0.614. The van der Waals surface area contributed by atoms with Gasteiger partial charge >= 0.3 is 11.9 Å². The molecule has 1 aromatic rings. The van der Waals surface area contributed by atoms with Crippen molar-refractivity contribution in [2.75, 3.05) is 0 Å². The lowest BCUT2D eigenvalue weighted by atomic mass is 10.4. The third-order valence-corrected chi connectivity index (χ3v) is 1.54. The fourth-order valence-electron chi connectivity index (χ4n) is 1.02. The Labute approximate surface area is 91.6 Å². The van der Waals surface area contributed by atoms with E-state index in [9.17, 15) is 14.4 Å². The van der Waals surface area contributed by atoms with Crippen molar-refractivity contribution >= 4 is 11.9 Å². The lowest BCUT2D eigenvalue weighted by Gasteiger charge is -1.99. The highest BCUT2D eigenvalue weighted by atomic mass is 16.5. The third-order valence-electron chi connectivity index (χ3n) is 1.54. The van der Waals surface area contributed by atoms with Gasteiger partial charge in [-0.3, -0.25) is 14.4 Å². The maximum Gasteiger partial charge on any atom is 0.308 e. The van der Waals surface area contributed by atoms with Gasteiger partial charge in [-0.05, 0) is 12.1 Å². The van der Waals surface area contributed by atoms with Gasteiger partial charge in [-0.25, -0.2) is 0 Å². The first-order valence-electron chi connectivity index (χ1n) is 4.50. The first-order chi connectivity index (χ1) is 7.49. The Morgan fingerprint density at radius 2 is 1.69 bits per heavy atom. The molecule has 0 fully saturated rings. The highest BCUT2D eigenvalue weighted by Gasteiger charge is 2.05. The molecule has 0 saturated heterocycles. The first kappa shape index (κ1) is 11.9. The average Bonchev–Trinajstić information content (AvgIpc) is 2.28. The Bertz CT molecular complexity index is 478. The molecule has 0 bridgehead atoms. The molecule has 5 nitrogen and oxygen atoms in total. The summed E-state index contributed by atoms with van der Waals surface area (Å²) in [6.45, 7) is 2.41. The van der Waals surface area contributed by atoms with Gasteiger partial charge in [0, 0.05) is 19.9 Å². The van der Waals surface area contributed by atoms with Crippen LogP contribution >= 0.6 is 0 Å². The summed E-state index contributed by atoms with van der Waals surface area (Å²) >= 11 is 0. The maximum atomic E-state index is 11.4. The van der Waals surface area contributed by atoms with Gasteiger partial charge in [0.25, 0.3) is 0 Å². The van der Waals surface area contributed by atoms with Crippen molar-refractivity contribution < 1.29 is 19.1 Å². The fourth-order valence-corrected chi connectivity index (χ4v) is 1.02. The van der Waals surface area contributed by atoms with Gasteiger partial charge in [-0.15, -0.1) is 0 Å². The van der Waals surface area contributed by atoms with Gasteiger partial charge in [-0.2, -0.15) is 0 Å². The van der Waals surface area contributed by atoms with E-state index < -0.39 is 17.4 Å². The quantitative estimate of drug-likeness (QED) is 0.695. The molecule has 0 heterocycles. The van der Waals surface area contributed by atoms with Gasteiger partial charge in [0.15, 0.2) is 5.75 Å². The Kier molecular flexibility index (Phi) is 3.77. The fraction of sp³-hybridized carbons (Fsp3) is 0.182. The summed E-state index contributed by atoms with van der Waals surface area (Å²) in [7, 11) is 0. The van der Waals surface area contributed by atoms with Crippen molar-refractivity contribution in [3.8, 4) is 11.5 Å². The maximum absolute atomic E-state index is 11.4. The number of hydrogen-bond acceptors (Lipinski definition) is 5. The summed E-state index contributed by atoms with van der Waals surface area (Å²) in [5.41, 5.74) is -0.464. The Balaban J connectivity index is 3.16. The third kappa shape index (κ3) is 3.53. The van der Waals surface area contributed by atoms with Crippen molar-refractivity contribution in [1.29, 1.82) is 0 Å². The SMILES string of the molecule is CC(=O)Oc1cccc(=O)c(OC(C)=O)c1. The lowest BCUT2D eigenvalue weighted by Crippen LogP contribution is -2.09. The van der Waals surface area contributed by atoms with Crippen LogP contribution in [0.4, 0.5) is 0 Å². The van der Waals surface area contributed by atoms with E-state index in [-0.39, 0.29) is 11.5 Å². The number of rotatable bonds is 2. The standard InChI is InChI=1S/C11H10O5/c1-7(12)15-9-4-3-5-10(14)11(6-9)16-8(2)13/h3-6H,1-2H3. The zero-order valence-electron chi connectivity index (χ0n) is 8.85. The van der Waals surface area contributed by atoms with E-state index in [4.69, 9.17) is 4.74 Å². The first-order valence-corrected chi connectivity index (χ1v) is 4.50. The summed E-state index contributed by atoms with van der Waals surface area (Å²) in [6.07, 6.45) is 0. The predicted molar refractivity (Wildman–Crippen MR) is 55.3 cm³/mol. The van der Waals surface area contributed by atoms with E-state index in [1.807, 2.05) is 0 Å². The minimum Gasteiger partial charge on any atom is -0.427 e. The number of carbonyl (C=O) groups excluding carboxylic acids is 2. The smallest absolute Gasteiger partial charge is 0.308 e. The summed E-state index contributed by atoms with van der Waals surface area (Å²) in [5, 5.41) is 0. The van der Waals surface area contributed by atoms with Crippen molar-refractivity contribution in [1.82, 2.24) is 0 Å². The molecule has 1 rings (SSSR count). The predicted octanol–water partition coefficient (Wildman–Crippen LogP) is 0.897. The molecule has 0 aliphatic heterocycles. The Hall–Kier alpha value is -2.17. The molecular weight excluding hydrogens is 212 g/mol. The van der Waals surface area contributed by atoms with Gasteiger partial charge < -0.3 is 9.47 Å². The van der Waals surface area contributed by atoms with E-state index in [1.165, 1.54) is 38.1 Å². The molecule has 5 heteroatoms. The molecule has 0 amide bonds. The van der Waals surface area contributed by atoms with E-state index in [0.29, 0.717) is 0 Å². The van der Waals surface area contributed by atoms with Crippen molar-refractivity contribution in [2.45, 2.75) is 13.8 Å². The summed E-state index contributed by atoms with van der Waals surface area (Å²) < 4.78 is 9.47. The second-order valence-electron chi connectivity index (χ2n) is 2.99. The van der Waals surface area contributed by atoms with Crippen LogP contribution in [0.25, 0.3) is 0 Å². The number of esters is 2. The molecule has 0 aliphatic carbocycles. The molecule has 84 valence electrons. The summed E-state index contributed by atoms with van der Waals surface area (Å²) in [6, 6.07) is 5.25. The number of ether oxygens (including phenoxy) is 2. The molecule has 0 aliphatic rings. The van der Waals surface area contributed by atoms with Crippen LogP contribution in [0.1, 0.15) is 13.8 Å². The zero-order chi connectivity index (χ0) is 12.1. The van der Waals surface area contributed by atoms with E-state index in [2.05, 4.69) is 4.74 Å². The highest BCUT2D eigenvalue weighted by Crippen LogP contribution is 2.14. The normalized spacial score (nSPS) is 9.38. The molecule has 0 atom stereocenters. The molecule has 16 heavy (non-hydrogen) atoms. The van der Waals surface area contributed by atoms with Gasteiger partial charge in [-0.1, -0.05) is 6.07 Å². The van der Waals surface area contributed by atoms with Crippen molar-refractivity contribution in [3.05, 3.63) is 34.5 Å². The van der Waals surface area contributed by atoms with Gasteiger partial charge in [0.1, 0.15) is 5.75 Å². The second-order valence-corrected chi connectivity index (χ2v) is 2.99. The topological polar surface area (TPSA) is 69.7 Å². The van der Waals surface area contributed by atoms with Crippen molar-refractivity contribution in [3.63, 3.8) is 0 Å². The van der Waals surface area contributed by atoms with Crippen LogP contribution in [0.5, 0.6) is 11.5 Å². The Morgan fingerprint density at radius 1 is 1.06 bits per heavy atom. The summed E-state index contributed by atoms with van der Waals surface area (Å²) in [5.74, 6) is -1.16. The highest BCUT2D eigenvalue weighted by molar-refractivity contribution is 5.70. The average molecular weight is 222 g/mol. The molecule has 0 radical (unpaired) electrons.